The van der Waals surface area contributed by atoms with Crippen molar-refractivity contribution in [3.63, 3.8) is 0 Å². The van der Waals surface area contributed by atoms with Crippen LogP contribution in [0.25, 0.3) is 0 Å². The van der Waals surface area contributed by atoms with E-state index in [1.165, 1.54) is 12.8 Å². The number of carbonyl (C=O) groups is 1. The van der Waals surface area contributed by atoms with Crippen molar-refractivity contribution < 1.29 is 9.53 Å². The first-order valence-electron chi connectivity index (χ1n) is 5.86. The Bertz CT molecular complexity index is 453. The molecular formula is C13H15BrN2O2. The second kappa shape index (κ2) is 6.00. The molecule has 0 aliphatic heterocycles. The molecule has 0 saturated heterocycles. The minimum atomic E-state index is -0.238. The zero-order chi connectivity index (χ0) is 13.0. The van der Waals surface area contributed by atoms with Crippen molar-refractivity contribution >= 4 is 27.5 Å². The maximum atomic E-state index is 11.5. The normalized spacial score (nSPS) is 15.3. The third-order valence-corrected chi connectivity index (χ3v) is 3.24. The summed E-state index contributed by atoms with van der Waals surface area (Å²) in [5, 5.41) is 4.04. The van der Waals surface area contributed by atoms with Crippen LogP contribution in [0.15, 0.2) is 33.8 Å². The van der Waals surface area contributed by atoms with Crippen molar-refractivity contribution in [2.45, 2.75) is 19.8 Å². The van der Waals surface area contributed by atoms with Gasteiger partial charge in [0.2, 0.25) is 0 Å². The number of amides is 1. The highest BCUT2D eigenvalue weighted by Gasteiger charge is 2.24. The molecule has 2 rings (SSSR count). The van der Waals surface area contributed by atoms with Crippen LogP contribution in [0.5, 0.6) is 5.75 Å². The molecule has 1 aliphatic carbocycles. The Morgan fingerprint density at radius 3 is 2.72 bits per heavy atom. The van der Waals surface area contributed by atoms with Gasteiger partial charge in [0.15, 0.2) is 6.61 Å². The van der Waals surface area contributed by atoms with Gasteiger partial charge in [-0.25, -0.2) is 5.43 Å². The Balaban J connectivity index is 1.74. The van der Waals surface area contributed by atoms with Crippen LogP contribution in [0.1, 0.15) is 19.8 Å². The van der Waals surface area contributed by atoms with Gasteiger partial charge in [0.05, 0.1) is 0 Å². The maximum absolute atomic E-state index is 11.5. The fourth-order valence-corrected chi connectivity index (χ4v) is 1.72. The van der Waals surface area contributed by atoms with E-state index in [0.29, 0.717) is 11.7 Å². The zero-order valence-electron chi connectivity index (χ0n) is 10.1. The number of nitrogens with one attached hydrogen (secondary N) is 1. The van der Waals surface area contributed by atoms with E-state index in [9.17, 15) is 4.79 Å². The van der Waals surface area contributed by atoms with Crippen LogP contribution in [-0.4, -0.2) is 18.2 Å². The van der Waals surface area contributed by atoms with E-state index in [4.69, 9.17) is 4.74 Å². The van der Waals surface area contributed by atoms with Crippen LogP contribution in [0.2, 0.25) is 0 Å². The van der Waals surface area contributed by atoms with Crippen LogP contribution >= 0.6 is 15.9 Å². The highest BCUT2D eigenvalue weighted by atomic mass is 79.9. The van der Waals surface area contributed by atoms with Gasteiger partial charge in [0.1, 0.15) is 5.75 Å². The van der Waals surface area contributed by atoms with Crippen LogP contribution in [-0.2, 0) is 4.79 Å². The zero-order valence-corrected chi connectivity index (χ0v) is 11.7. The van der Waals surface area contributed by atoms with Gasteiger partial charge in [-0.15, -0.1) is 0 Å². The number of halogens is 1. The molecule has 18 heavy (non-hydrogen) atoms. The molecule has 0 bridgehead atoms. The quantitative estimate of drug-likeness (QED) is 0.671. The molecule has 0 atom stereocenters. The van der Waals surface area contributed by atoms with E-state index in [1.807, 2.05) is 19.1 Å². The molecule has 1 aromatic rings. The fourth-order valence-electron chi connectivity index (χ4n) is 1.45. The summed E-state index contributed by atoms with van der Waals surface area (Å²) >= 11 is 3.33. The van der Waals surface area contributed by atoms with Crippen molar-refractivity contribution in [3.05, 3.63) is 28.7 Å². The Labute approximate surface area is 115 Å². The highest BCUT2D eigenvalue weighted by Crippen LogP contribution is 2.30. The fraction of sp³-hybridized carbons (Fsp3) is 0.385. The second-order valence-corrected chi connectivity index (χ2v) is 5.22. The summed E-state index contributed by atoms with van der Waals surface area (Å²) < 4.78 is 6.30. The minimum absolute atomic E-state index is 0.0247. The van der Waals surface area contributed by atoms with Crippen molar-refractivity contribution in [1.82, 2.24) is 5.43 Å². The van der Waals surface area contributed by atoms with E-state index in [-0.39, 0.29) is 12.5 Å². The summed E-state index contributed by atoms with van der Waals surface area (Å²) in [6.45, 7) is 1.91. The van der Waals surface area contributed by atoms with Crippen molar-refractivity contribution in [3.8, 4) is 5.75 Å². The molecule has 96 valence electrons. The van der Waals surface area contributed by atoms with Gasteiger partial charge in [-0.05, 0) is 49.9 Å². The third-order valence-electron chi connectivity index (χ3n) is 2.71. The molecular weight excluding hydrogens is 296 g/mol. The number of nitrogens with zero attached hydrogens (tertiary/aromatic N) is 1. The van der Waals surface area contributed by atoms with Gasteiger partial charge in [-0.1, -0.05) is 15.9 Å². The molecule has 4 nitrogen and oxygen atoms in total. The molecule has 1 aromatic carbocycles. The molecule has 0 heterocycles. The number of ether oxygens (including phenoxy) is 1. The smallest absolute Gasteiger partial charge is 0.277 e. The van der Waals surface area contributed by atoms with Crippen LogP contribution in [0.4, 0.5) is 0 Å². The van der Waals surface area contributed by atoms with Gasteiger partial charge in [0.25, 0.3) is 5.91 Å². The van der Waals surface area contributed by atoms with E-state index < -0.39 is 0 Å². The second-order valence-electron chi connectivity index (χ2n) is 4.31. The van der Waals surface area contributed by atoms with Crippen molar-refractivity contribution in [1.29, 1.82) is 0 Å². The molecule has 1 aliphatic rings. The van der Waals surface area contributed by atoms with Gasteiger partial charge in [0, 0.05) is 10.2 Å². The highest BCUT2D eigenvalue weighted by molar-refractivity contribution is 9.10. The van der Waals surface area contributed by atoms with E-state index in [0.717, 1.165) is 10.2 Å². The lowest BCUT2D eigenvalue weighted by Gasteiger charge is -2.05. The lowest BCUT2D eigenvalue weighted by molar-refractivity contribution is -0.123. The maximum Gasteiger partial charge on any atom is 0.277 e. The lowest BCUT2D eigenvalue weighted by atomic mass is 10.3. The Morgan fingerprint density at radius 1 is 1.44 bits per heavy atom. The average Bonchev–Trinajstić information content (AvgIpc) is 3.19. The van der Waals surface area contributed by atoms with Crippen LogP contribution in [0, 0.1) is 5.92 Å². The first kappa shape index (κ1) is 13.1. The standard InChI is InChI=1S/C13H15BrN2O2/c1-9(10-2-3-10)15-16-13(17)8-18-12-6-4-11(14)5-7-12/h4-7,10H,2-3,8H2,1H3,(H,16,17)/b15-9+. The lowest BCUT2D eigenvalue weighted by Crippen LogP contribution is -2.25. The first-order chi connectivity index (χ1) is 8.65. The molecule has 0 spiro atoms. The summed E-state index contributed by atoms with van der Waals surface area (Å²) in [5.41, 5.74) is 3.49. The van der Waals surface area contributed by atoms with E-state index >= 15 is 0 Å². The molecule has 1 saturated carbocycles. The Hall–Kier alpha value is -1.36. The summed E-state index contributed by atoms with van der Waals surface area (Å²) in [5.74, 6) is 0.992. The number of rotatable bonds is 5. The van der Waals surface area contributed by atoms with Gasteiger partial charge in [-0.3, -0.25) is 4.79 Å². The molecule has 0 unspecified atom stereocenters. The Morgan fingerprint density at radius 2 is 2.11 bits per heavy atom. The summed E-state index contributed by atoms with van der Waals surface area (Å²) in [4.78, 5) is 11.5. The SMILES string of the molecule is C/C(=N\NC(=O)COc1ccc(Br)cc1)C1CC1. The number of hydrogen-bond acceptors (Lipinski definition) is 3. The summed E-state index contributed by atoms with van der Waals surface area (Å²) in [6, 6.07) is 7.33. The average molecular weight is 311 g/mol. The predicted molar refractivity (Wildman–Crippen MR) is 73.6 cm³/mol. The number of hydrazone groups is 1. The number of carbonyl (C=O) groups excluding carboxylic acids is 1. The van der Waals surface area contributed by atoms with Crippen LogP contribution < -0.4 is 10.2 Å². The molecule has 0 radical (unpaired) electrons. The molecule has 5 heteroatoms. The van der Waals surface area contributed by atoms with E-state index in [1.54, 1.807) is 12.1 Å². The summed E-state index contributed by atoms with van der Waals surface area (Å²) in [7, 11) is 0. The molecule has 1 amide bonds. The Kier molecular flexibility index (Phi) is 4.36. The van der Waals surface area contributed by atoms with Gasteiger partial charge < -0.3 is 4.74 Å². The van der Waals surface area contributed by atoms with Gasteiger partial charge >= 0.3 is 0 Å². The molecule has 1 N–H and O–H groups in total. The van der Waals surface area contributed by atoms with Crippen molar-refractivity contribution in [2.75, 3.05) is 6.61 Å². The minimum Gasteiger partial charge on any atom is -0.484 e. The first-order valence-corrected chi connectivity index (χ1v) is 6.66. The molecule has 0 aromatic heterocycles. The summed E-state index contributed by atoms with van der Waals surface area (Å²) in [6.07, 6.45) is 2.36. The topological polar surface area (TPSA) is 50.7 Å². The number of hydrogen-bond donors (Lipinski definition) is 1. The largest absolute Gasteiger partial charge is 0.484 e. The van der Waals surface area contributed by atoms with Crippen LogP contribution in [0.3, 0.4) is 0 Å². The third kappa shape index (κ3) is 4.14. The van der Waals surface area contributed by atoms with Gasteiger partial charge in [-0.2, -0.15) is 5.10 Å². The molecule has 1 fully saturated rings. The van der Waals surface area contributed by atoms with Crippen molar-refractivity contribution in [2.24, 2.45) is 11.0 Å². The monoisotopic (exact) mass is 310 g/mol. The predicted octanol–water partition coefficient (Wildman–Crippen LogP) is 2.73. The van der Waals surface area contributed by atoms with E-state index in [2.05, 4.69) is 26.5 Å². The number of benzene rings is 1.